The molecule has 102 valence electrons. The molecule has 0 bridgehead atoms. The molecule has 0 amide bonds. The fraction of sp³-hybridized carbons (Fsp3) is 0.188. The van der Waals surface area contributed by atoms with Crippen LogP contribution < -0.4 is 5.32 Å². The number of hydrogen-bond donors (Lipinski definition) is 3. The number of rotatable bonds is 5. The van der Waals surface area contributed by atoms with Crippen molar-refractivity contribution in [3.05, 3.63) is 59.7 Å². The molecule has 20 heavy (non-hydrogen) atoms. The van der Waals surface area contributed by atoms with Crippen molar-refractivity contribution >= 4 is 17.0 Å². The maximum Gasteiger partial charge on any atom is 0.201 e. The molecule has 0 fully saturated rings. The highest BCUT2D eigenvalue weighted by Gasteiger charge is 2.01. The standard InChI is InChI=1S/C16H17N3O/c20-11-13-7-5-12(6-8-13)9-10-17-16-18-14-3-1-2-4-15(14)19-16/h1-8,20H,9-11H2,(H2,17,18,19). The zero-order chi connectivity index (χ0) is 13.8. The van der Waals surface area contributed by atoms with Crippen LogP contribution in [0.4, 0.5) is 5.95 Å². The summed E-state index contributed by atoms with van der Waals surface area (Å²) in [5.74, 6) is 0.804. The molecule has 1 aromatic heterocycles. The van der Waals surface area contributed by atoms with E-state index in [0.717, 1.165) is 35.5 Å². The molecule has 2 aromatic carbocycles. The minimum absolute atomic E-state index is 0.0948. The summed E-state index contributed by atoms with van der Waals surface area (Å²) in [5, 5.41) is 12.3. The Kier molecular flexibility index (Phi) is 3.65. The molecular formula is C16H17N3O. The number of aromatic nitrogens is 2. The van der Waals surface area contributed by atoms with Gasteiger partial charge in [0.15, 0.2) is 0 Å². The van der Waals surface area contributed by atoms with E-state index in [0.29, 0.717) is 0 Å². The molecule has 0 radical (unpaired) electrons. The highest BCUT2D eigenvalue weighted by molar-refractivity contribution is 5.77. The molecule has 0 spiro atoms. The van der Waals surface area contributed by atoms with Crippen LogP contribution in [0.15, 0.2) is 48.5 Å². The number of nitrogens with one attached hydrogen (secondary N) is 2. The molecular weight excluding hydrogens is 250 g/mol. The molecule has 0 saturated carbocycles. The van der Waals surface area contributed by atoms with E-state index in [1.54, 1.807) is 0 Å². The Morgan fingerprint density at radius 3 is 2.50 bits per heavy atom. The lowest BCUT2D eigenvalue weighted by Crippen LogP contribution is -2.06. The van der Waals surface area contributed by atoms with E-state index >= 15 is 0 Å². The quantitative estimate of drug-likeness (QED) is 0.666. The van der Waals surface area contributed by atoms with Crippen LogP contribution in [0.25, 0.3) is 11.0 Å². The maximum atomic E-state index is 9.00. The normalized spacial score (nSPS) is 10.8. The third kappa shape index (κ3) is 2.81. The zero-order valence-electron chi connectivity index (χ0n) is 11.1. The number of aliphatic hydroxyl groups is 1. The molecule has 4 nitrogen and oxygen atoms in total. The van der Waals surface area contributed by atoms with Gasteiger partial charge in [0.25, 0.3) is 0 Å². The van der Waals surface area contributed by atoms with E-state index in [1.807, 2.05) is 48.5 Å². The number of nitrogens with zero attached hydrogens (tertiary/aromatic N) is 1. The van der Waals surface area contributed by atoms with Gasteiger partial charge in [-0.05, 0) is 29.7 Å². The van der Waals surface area contributed by atoms with Gasteiger partial charge in [0, 0.05) is 6.54 Å². The second kappa shape index (κ2) is 5.75. The molecule has 0 aliphatic rings. The van der Waals surface area contributed by atoms with Crippen molar-refractivity contribution in [2.45, 2.75) is 13.0 Å². The lowest BCUT2D eigenvalue weighted by molar-refractivity contribution is 0.282. The number of hydrogen-bond acceptors (Lipinski definition) is 3. The van der Waals surface area contributed by atoms with Crippen LogP contribution in [0, 0.1) is 0 Å². The van der Waals surface area contributed by atoms with E-state index in [9.17, 15) is 0 Å². The second-order valence-electron chi connectivity index (χ2n) is 4.75. The van der Waals surface area contributed by atoms with Crippen LogP contribution in [-0.2, 0) is 13.0 Å². The molecule has 0 aliphatic carbocycles. The van der Waals surface area contributed by atoms with Gasteiger partial charge in [-0.25, -0.2) is 4.98 Å². The van der Waals surface area contributed by atoms with Crippen LogP contribution in [0.2, 0.25) is 0 Å². The average Bonchev–Trinajstić information content (AvgIpc) is 2.90. The Morgan fingerprint density at radius 2 is 1.75 bits per heavy atom. The molecule has 0 aliphatic heterocycles. The number of benzene rings is 2. The molecule has 1 heterocycles. The highest BCUT2D eigenvalue weighted by atomic mass is 16.3. The maximum absolute atomic E-state index is 9.00. The van der Waals surface area contributed by atoms with Crippen LogP contribution in [-0.4, -0.2) is 21.6 Å². The topological polar surface area (TPSA) is 60.9 Å². The van der Waals surface area contributed by atoms with Crippen LogP contribution >= 0.6 is 0 Å². The smallest absolute Gasteiger partial charge is 0.201 e. The second-order valence-corrected chi connectivity index (χ2v) is 4.75. The van der Waals surface area contributed by atoms with Crippen LogP contribution in [0.5, 0.6) is 0 Å². The third-order valence-electron chi connectivity index (χ3n) is 3.30. The minimum Gasteiger partial charge on any atom is -0.392 e. The summed E-state index contributed by atoms with van der Waals surface area (Å²) >= 11 is 0. The molecule has 3 rings (SSSR count). The molecule has 3 aromatic rings. The van der Waals surface area contributed by atoms with E-state index in [1.165, 1.54) is 5.56 Å². The van der Waals surface area contributed by atoms with Crippen molar-refractivity contribution in [2.24, 2.45) is 0 Å². The summed E-state index contributed by atoms with van der Waals surface area (Å²) in [7, 11) is 0. The predicted molar refractivity (Wildman–Crippen MR) is 80.7 cm³/mol. The summed E-state index contributed by atoms with van der Waals surface area (Å²) in [6, 6.07) is 16.0. The van der Waals surface area contributed by atoms with Crippen LogP contribution in [0.3, 0.4) is 0 Å². The number of aromatic amines is 1. The first kappa shape index (κ1) is 12.7. The van der Waals surface area contributed by atoms with Crippen molar-refractivity contribution in [1.29, 1.82) is 0 Å². The Labute approximate surface area is 117 Å². The monoisotopic (exact) mass is 267 g/mol. The van der Waals surface area contributed by atoms with Gasteiger partial charge in [-0.2, -0.15) is 0 Å². The fourth-order valence-corrected chi connectivity index (χ4v) is 2.17. The number of fused-ring (bicyclic) bond motifs is 1. The Bertz CT molecular complexity index is 655. The van der Waals surface area contributed by atoms with E-state index < -0.39 is 0 Å². The van der Waals surface area contributed by atoms with Crippen molar-refractivity contribution in [1.82, 2.24) is 9.97 Å². The summed E-state index contributed by atoms with van der Waals surface area (Å²) in [6.07, 6.45) is 0.919. The first-order valence-corrected chi connectivity index (χ1v) is 6.72. The Morgan fingerprint density at radius 1 is 1.00 bits per heavy atom. The summed E-state index contributed by atoms with van der Waals surface area (Å²) in [5.41, 5.74) is 4.20. The number of para-hydroxylation sites is 2. The number of anilines is 1. The van der Waals surface area contributed by atoms with Crippen molar-refractivity contribution in [2.75, 3.05) is 11.9 Å². The van der Waals surface area contributed by atoms with Gasteiger partial charge in [-0.1, -0.05) is 36.4 Å². The van der Waals surface area contributed by atoms with Crippen molar-refractivity contribution in [3.63, 3.8) is 0 Å². The van der Waals surface area contributed by atoms with Gasteiger partial charge < -0.3 is 15.4 Å². The number of imidazole rings is 1. The fourth-order valence-electron chi connectivity index (χ4n) is 2.17. The molecule has 4 heteroatoms. The van der Waals surface area contributed by atoms with Crippen molar-refractivity contribution in [3.8, 4) is 0 Å². The summed E-state index contributed by atoms with van der Waals surface area (Å²) < 4.78 is 0. The molecule has 0 atom stereocenters. The molecule has 0 saturated heterocycles. The summed E-state index contributed by atoms with van der Waals surface area (Å²) in [6.45, 7) is 0.913. The highest BCUT2D eigenvalue weighted by Crippen LogP contribution is 2.13. The Hall–Kier alpha value is -2.33. The average molecular weight is 267 g/mol. The number of aliphatic hydroxyl groups excluding tert-OH is 1. The van der Waals surface area contributed by atoms with Gasteiger partial charge in [-0.15, -0.1) is 0 Å². The SMILES string of the molecule is OCc1ccc(CCNc2nc3ccccc3[nH]2)cc1. The summed E-state index contributed by atoms with van der Waals surface area (Å²) in [4.78, 5) is 7.72. The van der Waals surface area contributed by atoms with Crippen LogP contribution in [0.1, 0.15) is 11.1 Å². The van der Waals surface area contributed by atoms with Gasteiger partial charge >= 0.3 is 0 Å². The lowest BCUT2D eigenvalue weighted by atomic mass is 10.1. The van der Waals surface area contributed by atoms with E-state index in [-0.39, 0.29) is 6.61 Å². The largest absolute Gasteiger partial charge is 0.392 e. The van der Waals surface area contributed by atoms with Gasteiger partial charge in [-0.3, -0.25) is 0 Å². The van der Waals surface area contributed by atoms with Gasteiger partial charge in [0.2, 0.25) is 5.95 Å². The van der Waals surface area contributed by atoms with Gasteiger partial charge in [0.1, 0.15) is 0 Å². The Balaban J connectivity index is 1.58. The van der Waals surface area contributed by atoms with E-state index in [4.69, 9.17) is 5.11 Å². The number of H-pyrrole nitrogens is 1. The first-order chi connectivity index (χ1) is 9.85. The minimum atomic E-state index is 0.0948. The molecule has 0 unspecified atom stereocenters. The lowest BCUT2D eigenvalue weighted by Gasteiger charge is -2.04. The van der Waals surface area contributed by atoms with Gasteiger partial charge in [0.05, 0.1) is 17.6 Å². The van der Waals surface area contributed by atoms with E-state index in [2.05, 4.69) is 15.3 Å². The first-order valence-electron chi connectivity index (χ1n) is 6.72. The third-order valence-corrected chi connectivity index (χ3v) is 3.30. The predicted octanol–water partition coefficient (Wildman–Crippen LogP) is 2.71. The van der Waals surface area contributed by atoms with Crippen molar-refractivity contribution < 1.29 is 5.11 Å². The zero-order valence-corrected chi connectivity index (χ0v) is 11.1. The molecule has 3 N–H and O–H groups in total.